The summed E-state index contributed by atoms with van der Waals surface area (Å²) < 4.78 is 9.76. The summed E-state index contributed by atoms with van der Waals surface area (Å²) in [5.74, 6) is 1.12. The number of ether oxygens (including phenoxy) is 1. The highest BCUT2D eigenvalue weighted by Gasteiger charge is 2.39. The summed E-state index contributed by atoms with van der Waals surface area (Å²) in [7, 11) is 0. The summed E-state index contributed by atoms with van der Waals surface area (Å²) in [6, 6.07) is 0. The minimum atomic E-state index is -0.468. The molecule has 1 aromatic heterocycles. The van der Waals surface area contributed by atoms with Crippen molar-refractivity contribution in [2.45, 2.75) is 32.7 Å². The zero-order valence-corrected chi connectivity index (χ0v) is 15.6. The molecule has 0 unspecified atom stereocenters. The van der Waals surface area contributed by atoms with Crippen LogP contribution >= 0.6 is 11.5 Å². The second-order valence-electron chi connectivity index (χ2n) is 6.78. The van der Waals surface area contributed by atoms with Crippen LogP contribution in [0.25, 0.3) is 0 Å². The quantitative estimate of drug-likeness (QED) is 0.800. The molecule has 3 rings (SSSR count). The molecule has 24 heavy (non-hydrogen) atoms. The summed E-state index contributed by atoms with van der Waals surface area (Å²) in [6.45, 7) is 12.3. The van der Waals surface area contributed by atoms with Gasteiger partial charge in [0.25, 0.3) is 0 Å². The van der Waals surface area contributed by atoms with Crippen LogP contribution in [-0.2, 0) is 16.0 Å². The molecule has 0 radical (unpaired) electrons. The maximum Gasteiger partial charge on any atom is 0.242 e. The molecule has 0 atom stereocenters. The molecule has 7 nitrogen and oxygen atoms in total. The smallest absolute Gasteiger partial charge is 0.242 e. The average molecular weight is 353 g/mol. The van der Waals surface area contributed by atoms with E-state index >= 15 is 0 Å². The normalized spacial score (nSPS) is 20.5. The lowest BCUT2D eigenvalue weighted by molar-refractivity contribution is -0.145. The Balaban J connectivity index is 1.58. The molecule has 0 spiro atoms. The zero-order valence-electron chi connectivity index (χ0n) is 14.8. The Bertz CT molecular complexity index is 563. The van der Waals surface area contributed by atoms with Crippen LogP contribution in [0.2, 0.25) is 0 Å². The van der Waals surface area contributed by atoms with E-state index in [0.29, 0.717) is 13.2 Å². The van der Waals surface area contributed by atoms with E-state index in [2.05, 4.69) is 26.1 Å². The van der Waals surface area contributed by atoms with E-state index in [-0.39, 0.29) is 5.91 Å². The fraction of sp³-hybridized carbons (Fsp3) is 0.812. The summed E-state index contributed by atoms with van der Waals surface area (Å²) in [4.78, 5) is 24.0. The molecule has 2 saturated heterocycles. The van der Waals surface area contributed by atoms with Gasteiger partial charge in [-0.1, -0.05) is 6.92 Å². The van der Waals surface area contributed by atoms with E-state index in [0.717, 1.165) is 56.6 Å². The number of aryl methyl sites for hydroxylation is 1. The monoisotopic (exact) mass is 353 g/mol. The molecule has 0 saturated carbocycles. The lowest BCUT2D eigenvalue weighted by atomic mass is 9.99. The van der Waals surface area contributed by atoms with Gasteiger partial charge in [-0.2, -0.15) is 4.37 Å². The molecule has 0 aromatic carbocycles. The van der Waals surface area contributed by atoms with Gasteiger partial charge in [-0.3, -0.25) is 9.69 Å². The molecule has 8 heteroatoms. The fourth-order valence-electron chi connectivity index (χ4n) is 3.26. The summed E-state index contributed by atoms with van der Waals surface area (Å²) in [5.41, 5.74) is -0.468. The van der Waals surface area contributed by atoms with Crippen molar-refractivity contribution >= 4 is 22.6 Å². The predicted octanol–water partition coefficient (Wildman–Crippen LogP) is 0.860. The van der Waals surface area contributed by atoms with Gasteiger partial charge < -0.3 is 14.5 Å². The largest absolute Gasteiger partial charge is 0.379 e. The minimum Gasteiger partial charge on any atom is -0.379 e. The van der Waals surface area contributed by atoms with Gasteiger partial charge in [0.1, 0.15) is 5.82 Å². The van der Waals surface area contributed by atoms with Crippen molar-refractivity contribution in [1.29, 1.82) is 0 Å². The first-order valence-electron chi connectivity index (χ1n) is 8.72. The van der Waals surface area contributed by atoms with E-state index in [1.54, 1.807) is 0 Å². The van der Waals surface area contributed by atoms with Crippen LogP contribution in [0, 0.1) is 0 Å². The van der Waals surface area contributed by atoms with E-state index < -0.39 is 5.54 Å². The molecule has 0 N–H and O–H groups in total. The number of carbonyl (C=O) groups is 1. The molecular formula is C16H27N5O2S. The van der Waals surface area contributed by atoms with E-state index in [1.807, 2.05) is 18.7 Å². The van der Waals surface area contributed by atoms with Crippen LogP contribution in [0.15, 0.2) is 0 Å². The summed E-state index contributed by atoms with van der Waals surface area (Å²) >= 11 is 1.46. The Labute approximate surface area is 147 Å². The minimum absolute atomic E-state index is 0.218. The van der Waals surface area contributed by atoms with Gasteiger partial charge in [0.2, 0.25) is 11.0 Å². The van der Waals surface area contributed by atoms with Crippen molar-refractivity contribution in [2.75, 3.05) is 57.4 Å². The third-order valence-electron chi connectivity index (χ3n) is 4.94. The number of hydrogen-bond donors (Lipinski definition) is 0. The van der Waals surface area contributed by atoms with Gasteiger partial charge in [-0.15, -0.1) is 0 Å². The number of piperazine rings is 1. The van der Waals surface area contributed by atoms with Gasteiger partial charge in [-0.25, -0.2) is 4.98 Å². The van der Waals surface area contributed by atoms with Crippen LogP contribution in [0.4, 0.5) is 5.13 Å². The van der Waals surface area contributed by atoms with Gasteiger partial charge in [-0.05, 0) is 13.8 Å². The van der Waals surface area contributed by atoms with E-state index in [4.69, 9.17) is 4.74 Å². The van der Waals surface area contributed by atoms with E-state index in [9.17, 15) is 4.79 Å². The number of nitrogens with zero attached hydrogens (tertiary/aromatic N) is 5. The molecule has 2 aliphatic rings. The van der Waals surface area contributed by atoms with E-state index in [1.165, 1.54) is 11.5 Å². The highest BCUT2D eigenvalue weighted by molar-refractivity contribution is 7.09. The van der Waals surface area contributed by atoms with Gasteiger partial charge in [0, 0.05) is 57.2 Å². The molecule has 0 bridgehead atoms. The summed E-state index contributed by atoms with van der Waals surface area (Å²) in [5, 5.41) is 0.978. The van der Waals surface area contributed by atoms with Gasteiger partial charge in [0.15, 0.2) is 0 Å². The average Bonchev–Trinajstić information content (AvgIpc) is 3.11. The molecule has 2 fully saturated rings. The first-order valence-corrected chi connectivity index (χ1v) is 9.49. The van der Waals surface area contributed by atoms with Crippen molar-refractivity contribution in [3.63, 3.8) is 0 Å². The maximum absolute atomic E-state index is 13.0. The number of anilines is 1. The Morgan fingerprint density at radius 2 is 1.83 bits per heavy atom. The van der Waals surface area contributed by atoms with Crippen LogP contribution in [0.5, 0.6) is 0 Å². The van der Waals surface area contributed by atoms with Crippen LogP contribution in [0.1, 0.15) is 26.6 Å². The highest BCUT2D eigenvalue weighted by atomic mass is 32.1. The molecule has 1 aromatic rings. The topological polar surface area (TPSA) is 61.8 Å². The van der Waals surface area contributed by atoms with Gasteiger partial charge in [0.05, 0.1) is 18.8 Å². The lowest BCUT2D eigenvalue weighted by Crippen LogP contribution is -2.61. The van der Waals surface area contributed by atoms with Gasteiger partial charge >= 0.3 is 0 Å². The maximum atomic E-state index is 13.0. The zero-order chi connectivity index (χ0) is 17.2. The third kappa shape index (κ3) is 3.55. The number of hydrogen-bond acceptors (Lipinski definition) is 7. The van der Waals surface area contributed by atoms with Crippen molar-refractivity contribution in [1.82, 2.24) is 19.2 Å². The predicted molar refractivity (Wildman–Crippen MR) is 94.6 cm³/mol. The van der Waals surface area contributed by atoms with Crippen molar-refractivity contribution in [3.8, 4) is 0 Å². The number of amides is 1. The standard InChI is InChI=1S/C16H27N5O2S/c1-4-13-17-15(24-18-13)20-7-5-19(6-8-20)14(22)16(2,3)21-9-11-23-12-10-21/h4-12H2,1-3H3. The Hall–Kier alpha value is -1.25. The number of carbonyl (C=O) groups excluding carboxylic acids is 1. The highest BCUT2D eigenvalue weighted by Crippen LogP contribution is 2.23. The number of rotatable bonds is 4. The lowest BCUT2D eigenvalue weighted by Gasteiger charge is -2.44. The Morgan fingerprint density at radius 3 is 2.42 bits per heavy atom. The molecule has 134 valence electrons. The number of morpholine rings is 1. The van der Waals surface area contributed by atoms with Crippen LogP contribution in [0.3, 0.4) is 0 Å². The molecule has 3 heterocycles. The SMILES string of the molecule is CCc1nsc(N2CCN(C(=O)C(C)(C)N3CCOCC3)CC2)n1. The van der Waals surface area contributed by atoms with Crippen molar-refractivity contribution in [3.05, 3.63) is 5.82 Å². The van der Waals surface area contributed by atoms with Crippen molar-refractivity contribution in [2.24, 2.45) is 0 Å². The van der Waals surface area contributed by atoms with Crippen LogP contribution < -0.4 is 4.90 Å². The van der Waals surface area contributed by atoms with Crippen LogP contribution in [-0.4, -0.2) is 83.1 Å². The first-order chi connectivity index (χ1) is 11.5. The number of aromatic nitrogens is 2. The second kappa shape index (κ2) is 7.33. The molecule has 1 amide bonds. The second-order valence-corrected chi connectivity index (χ2v) is 7.51. The Kier molecular flexibility index (Phi) is 5.36. The molecular weight excluding hydrogens is 326 g/mol. The summed E-state index contributed by atoms with van der Waals surface area (Å²) in [6.07, 6.45) is 0.864. The van der Waals surface area contributed by atoms with Crippen molar-refractivity contribution < 1.29 is 9.53 Å². The third-order valence-corrected chi connectivity index (χ3v) is 5.75. The first kappa shape index (κ1) is 17.6. The molecule has 0 aliphatic carbocycles. The Morgan fingerprint density at radius 1 is 1.17 bits per heavy atom. The fourth-order valence-corrected chi connectivity index (χ4v) is 4.06. The molecule has 2 aliphatic heterocycles.